The van der Waals surface area contributed by atoms with Gasteiger partial charge in [-0.15, -0.1) is 0 Å². The van der Waals surface area contributed by atoms with Crippen LogP contribution in [-0.4, -0.2) is 39.8 Å². The van der Waals surface area contributed by atoms with E-state index in [0.29, 0.717) is 0 Å². The molecule has 0 spiro atoms. The van der Waals surface area contributed by atoms with E-state index in [-0.39, 0.29) is 0 Å². The van der Waals surface area contributed by atoms with Crippen molar-refractivity contribution < 1.29 is 9.47 Å². The van der Waals surface area contributed by atoms with E-state index in [4.69, 9.17) is 15.2 Å². The minimum absolute atomic E-state index is 0.718. The summed E-state index contributed by atoms with van der Waals surface area (Å²) in [5.74, 6) is 1.47. The van der Waals surface area contributed by atoms with Crippen molar-refractivity contribution in [1.29, 1.82) is 0 Å². The molecule has 1 rings (SSSR count). The largest absolute Gasteiger partial charge is 0.497 e. The lowest BCUT2D eigenvalue weighted by Crippen LogP contribution is -2.12. The van der Waals surface area contributed by atoms with Crippen molar-refractivity contribution in [2.45, 2.75) is 0 Å². The van der Waals surface area contributed by atoms with Crippen LogP contribution in [0.15, 0.2) is 24.3 Å². The Kier molecular flexibility index (Phi) is 4.84. The molecule has 1 aromatic rings. The van der Waals surface area contributed by atoms with E-state index in [1.165, 1.54) is 0 Å². The van der Waals surface area contributed by atoms with Crippen LogP contribution in [0.5, 0.6) is 11.5 Å². The number of hydrogen-bond donors (Lipinski definition) is 1. The van der Waals surface area contributed by atoms with Crippen LogP contribution in [0.4, 0.5) is 0 Å². The second-order valence-corrected chi connectivity index (χ2v) is 4.02. The zero-order chi connectivity index (χ0) is 12.8. The Morgan fingerprint density at radius 1 is 1.18 bits per heavy atom. The first-order valence-corrected chi connectivity index (χ1v) is 5.40. The van der Waals surface area contributed by atoms with Gasteiger partial charge in [0.05, 0.1) is 14.2 Å². The summed E-state index contributed by atoms with van der Waals surface area (Å²) < 4.78 is 10.4. The minimum atomic E-state index is 0.718. The third-order valence-electron chi connectivity index (χ3n) is 2.36. The van der Waals surface area contributed by atoms with Gasteiger partial charge in [0.2, 0.25) is 0 Å². The quantitative estimate of drug-likeness (QED) is 0.843. The van der Waals surface area contributed by atoms with Crippen LogP contribution in [0.2, 0.25) is 0 Å². The monoisotopic (exact) mass is 236 g/mol. The maximum absolute atomic E-state index is 6.01. The fraction of sp³-hybridized carbons (Fsp3) is 0.385. The Labute approximate surface area is 103 Å². The summed E-state index contributed by atoms with van der Waals surface area (Å²) in [6.07, 6.45) is 1.97. The van der Waals surface area contributed by atoms with Crippen molar-refractivity contribution in [3.8, 4) is 11.5 Å². The van der Waals surface area contributed by atoms with Gasteiger partial charge in [-0.2, -0.15) is 0 Å². The Balaban J connectivity index is 2.99. The number of ether oxygens (including phenoxy) is 2. The number of likely N-dealkylation sites (N-methyl/N-ethyl adjacent to an activating group) is 1. The van der Waals surface area contributed by atoms with Crippen molar-refractivity contribution in [1.82, 2.24) is 4.90 Å². The van der Waals surface area contributed by atoms with Crippen molar-refractivity contribution >= 4 is 5.70 Å². The van der Waals surface area contributed by atoms with Crippen molar-refractivity contribution in [3.05, 3.63) is 29.8 Å². The molecular formula is C13H20N2O2. The number of methoxy groups -OCH3 is 2. The molecule has 4 heteroatoms. The van der Waals surface area contributed by atoms with Crippen molar-refractivity contribution in [2.24, 2.45) is 5.73 Å². The van der Waals surface area contributed by atoms with E-state index in [9.17, 15) is 0 Å². The number of hydrogen-bond acceptors (Lipinski definition) is 4. The molecule has 0 aromatic heterocycles. The highest BCUT2D eigenvalue weighted by molar-refractivity contribution is 5.65. The molecule has 0 aliphatic rings. The van der Waals surface area contributed by atoms with Crippen LogP contribution < -0.4 is 15.2 Å². The predicted octanol–water partition coefficient (Wildman–Crippen LogP) is 1.56. The lowest BCUT2D eigenvalue weighted by Gasteiger charge is -2.10. The van der Waals surface area contributed by atoms with E-state index in [1.807, 2.05) is 43.3 Å². The average Bonchev–Trinajstić information content (AvgIpc) is 2.34. The maximum atomic E-state index is 6.01. The summed E-state index contributed by atoms with van der Waals surface area (Å²) in [4.78, 5) is 2.05. The Morgan fingerprint density at radius 2 is 1.71 bits per heavy atom. The zero-order valence-electron chi connectivity index (χ0n) is 10.9. The van der Waals surface area contributed by atoms with Gasteiger partial charge in [0, 0.05) is 23.9 Å². The maximum Gasteiger partial charge on any atom is 0.123 e. The highest BCUT2D eigenvalue weighted by Gasteiger charge is 2.03. The van der Waals surface area contributed by atoms with Gasteiger partial charge in [-0.05, 0) is 32.3 Å². The van der Waals surface area contributed by atoms with Crippen LogP contribution in [0.25, 0.3) is 5.70 Å². The molecule has 94 valence electrons. The molecule has 1 aromatic carbocycles. The topological polar surface area (TPSA) is 47.7 Å². The van der Waals surface area contributed by atoms with E-state index in [1.54, 1.807) is 14.2 Å². The molecule has 0 saturated carbocycles. The van der Waals surface area contributed by atoms with Gasteiger partial charge < -0.3 is 20.1 Å². The highest BCUT2D eigenvalue weighted by atomic mass is 16.5. The fourth-order valence-corrected chi connectivity index (χ4v) is 1.37. The smallest absolute Gasteiger partial charge is 0.123 e. The third-order valence-corrected chi connectivity index (χ3v) is 2.36. The second-order valence-electron chi connectivity index (χ2n) is 4.02. The van der Waals surface area contributed by atoms with Gasteiger partial charge in [-0.1, -0.05) is 0 Å². The van der Waals surface area contributed by atoms with Gasteiger partial charge in [0.15, 0.2) is 0 Å². The molecule has 0 heterocycles. The minimum Gasteiger partial charge on any atom is -0.497 e. The fourth-order valence-electron chi connectivity index (χ4n) is 1.37. The van der Waals surface area contributed by atoms with Crippen LogP contribution in [0.3, 0.4) is 0 Å². The first-order valence-electron chi connectivity index (χ1n) is 5.40. The highest BCUT2D eigenvalue weighted by Crippen LogP contribution is 2.25. The molecule has 0 unspecified atom stereocenters. The Bertz CT molecular complexity index is 378. The number of nitrogens with zero attached hydrogens (tertiary/aromatic N) is 1. The molecule has 17 heavy (non-hydrogen) atoms. The van der Waals surface area contributed by atoms with Gasteiger partial charge in [0.25, 0.3) is 0 Å². The molecule has 0 bridgehead atoms. The lowest BCUT2D eigenvalue weighted by atomic mass is 10.1. The van der Waals surface area contributed by atoms with Crippen molar-refractivity contribution in [2.75, 3.05) is 34.9 Å². The first-order chi connectivity index (χ1) is 8.06. The van der Waals surface area contributed by atoms with Crippen molar-refractivity contribution in [3.63, 3.8) is 0 Å². The van der Waals surface area contributed by atoms with Gasteiger partial charge in [-0.3, -0.25) is 0 Å². The standard InChI is InChI=1S/C13H20N2O2/c1-15(2)6-5-13(14)10-7-11(16-3)9-12(8-10)17-4/h5,7-9H,6,14H2,1-4H3/b13-5-. The van der Waals surface area contributed by atoms with Crippen LogP contribution >= 0.6 is 0 Å². The Morgan fingerprint density at radius 3 is 2.12 bits per heavy atom. The van der Waals surface area contributed by atoms with Crippen LogP contribution in [0.1, 0.15) is 5.56 Å². The Hall–Kier alpha value is -1.68. The molecule has 0 aliphatic heterocycles. The summed E-state index contributed by atoms with van der Waals surface area (Å²) in [5.41, 5.74) is 7.64. The van der Waals surface area contributed by atoms with E-state index >= 15 is 0 Å². The molecule has 0 fully saturated rings. The summed E-state index contributed by atoms with van der Waals surface area (Å²) in [7, 11) is 7.24. The molecule has 0 amide bonds. The summed E-state index contributed by atoms with van der Waals surface area (Å²) in [6.45, 7) is 0.797. The normalized spacial score (nSPS) is 11.7. The lowest BCUT2D eigenvalue weighted by molar-refractivity contribution is 0.394. The predicted molar refractivity (Wildman–Crippen MR) is 70.3 cm³/mol. The zero-order valence-corrected chi connectivity index (χ0v) is 10.9. The summed E-state index contributed by atoms with van der Waals surface area (Å²) in [6, 6.07) is 5.61. The summed E-state index contributed by atoms with van der Waals surface area (Å²) >= 11 is 0. The molecule has 2 N–H and O–H groups in total. The van der Waals surface area contributed by atoms with E-state index in [0.717, 1.165) is 29.3 Å². The molecule has 0 saturated heterocycles. The number of benzene rings is 1. The molecule has 4 nitrogen and oxygen atoms in total. The van der Waals surface area contributed by atoms with Crippen LogP contribution in [-0.2, 0) is 0 Å². The molecule has 0 aliphatic carbocycles. The van der Waals surface area contributed by atoms with Crippen LogP contribution in [0, 0.1) is 0 Å². The molecular weight excluding hydrogens is 216 g/mol. The number of nitrogens with two attached hydrogens (primary N) is 1. The number of rotatable bonds is 5. The SMILES string of the molecule is COc1cc(OC)cc(/C(N)=C/CN(C)C)c1. The average molecular weight is 236 g/mol. The van der Waals surface area contributed by atoms with Gasteiger partial charge >= 0.3 is 0 Å². The van der Waals surface area contributed by atoms with E-state index in [2.05, 4.69) is 0 Å². The van der Waals surface area contributed by atoms with E-state index < -0.39 is 0 Å². The summed E-state index contributed by atoms with van der Waals surface area (Å²) in [5, 5.41) is 0. The second kappa shape index (κ2) is 6.15. The third kappa shape index (κ3) is 4.00. The van der Waals surface area contributed by atoms with Gasteiger partial charge in [0.1, 0.15) is 11.5 Å². The van der Waals surface area contributed by atoms with Gasteiger partial charge in [-0.25, -0.2) is 0 Å². The first kappa shape index (κ1) is 13.4. The molecule has 0 atom stereocenters. The molecule has 0 radical (unpaired) electrons.